The first-order valence-electron chi connectivity index (χ1n) is 8.93. The number of hydrogen-bond donors (Lipinski definition) is 2. The average molecular weight is 377 g/mol. The van der Waals surface area contributed by atoms with Crippen molar-refractivity contribution in [1.29, 1.82) is 0 Å². The van der Waals surface area contributed by atoms with Crippen molar-refractivity contribution in [3.8, 4) is 16.9 Å². The Balaban J connectivity index is 2.25. The fraction of sp³-hybridized carbons (Fsp3) is 0.182. The molecular weight excluding hydrogens is 358 g/mol. The maximum atomic E-state index is 12.1. The summed E-state index contributed by atoms with van der Waals surface area (Å²) >= 11 is 0. The highest BCUT2D eigenvalue weighted by Gasteiger charge is 2.31. The van der Waals surface area contributed by atoms with Gasteiger partial charge in [-0.1, -0.05) is 19.1 Å². The molecule has 0 aliphatic carbocycles. The predicted octanol–water partition coefficient (Wildman–Crippen LogP) is 4.47. The van der Waals surface area contributed by atoms with E-state index in [0.29, 0.717) is 23.2 Å². The van der Waals surface area contributed by atoms with E-state index in [9.17, 15) is 19.8 Å². The fourth-order valence-corrected chi connectivity index (χ4v) is 4.16. The number of aromatic nitrogens is 1. The number of carboxylic acid groups (broad SMARTS) is 2. The summed E-state index contributed by atoms with van der Waals surface area (Å²) in [5, 5.41) is 19.6. The summed E-state index contributed by atoms with van der Waals surface area (Å²) in [6.45, 7) is 3.95. The van der Waals surface area contributed by atoms with E-state index in [1.807, 2.05) is 38.1 Å². The van der Waals surface area contributed by atoms with Crippen molar-refractivity contribution in [3.63, 3.8) is 0 Å². The zero-order chi connectivity index (χ0) is 20.2. The van der Waals surface area contributed by atoms with Gasteiger partial charge in [0, 0.05) is 5.56 Å². The van der Waals surface area contributed by atoms with E-state index in [-0.39, 0.29) is 11.1 Å². The highest BCUT2D eigenvalue weighted by atomic mass is 16.5. The molecule has 0 amide bonds. The number of carbonyl (C=O) groups is 2. The van der Waals surface area contributed by atoms with Crippen LogP contribution in [0.25, 0.3) is 27.7 Å². The molecule has 0 bridgehead atoms. The summed E-state index contributed by atoms with van der Waals surface area (Å²) in [6.07, 6.45) is 0.684. The number of rotatable bonds is 5. The van der Waals surface area contributed by atoms with Crippen molar-refractivity contribution in [2.75, 3.05) is 7.11 Å². The number of aromatic carboxylic acids is 2. The molecule has 3 heterocycles. The minimum Gasteiger partial charge on any atom is -0.497 e. The van der Waals surface area contributed by atoms with E-state index >= 15 is 0 Å². The molecule has 0 aliphatic rings. The van der Waals surface area contributed by atoms with Crippen LogP contribution in [0.4, 0.5) is 0 Å². The smallest absolute Gasteiger partial charge is 0.338 e. The van der Waals surface area contributed by atoms with Crippen LogP contribution in [0.15, 0.2) is 36.4 Å². The van der Waals surface area contributed by atoms with Crippen LogP contribution < -0.4 is 4.74 Å². The summed E-state index contributed by atoms with van der Waals surface area (Å²) in [5.41, 5.74) is 4.86. The number of ether oxygens (including phenoxy) is 1. The molecule has 28 heavy (non-hydrogen) atoms. The minimum atomic E-state index is -1.25. The largest absolute Gasteiger partial charge is 0.497 e. The lowest BCUT2D eigenvalue weighted by Gasteiger charge is -2.10. The van der Waals surface area contributed by atoms with Gasteiger partial charge in [-0.25, -0.2) is 9.59 Å². The molecule has 0 spiro atoms. The van der Waals surface area contributed by atoms with Crippen molar-refractivity contribution in [2.24, 2.45) is 0 Å². The van der Waals surface area contributed by atoms with Crippen LogP contribution in [0.5, 0.6) is 5.75 Å². The Morgan fingerprint density at radius 1 is 1.04 bits per heavy atom. The zero-order valence-electron chi connectivity index (χ0n) is 15.7. The Bertz CT molecular complexity index is 1250. The molecule has 0 saturated heterocycles. The molecule has 0 fully saturated rings. The number of aryl methyl sites for hydroxylation is 2. The van der Waals surface area contributed by atoms with Gasteiger partial charge in [0.05, 0.1) is 23.7 Å². The third-order valence-electron chi connectivity index (χ3n) is 5.29. The van der Waals surface area contributed by atoms with E-state index < -0.39 is 11.9 Å². The summed E-state index contributed by atoms with van der Waals surface area (Å²) in [4.78, 5) is 24.1. The van der Waals surface area contributed by atoms with Gasteiger partial charge >= 0.3 is 11.9 Å². The van der Waals surface area contributed by atoms with E-state index in [0.717, 1.165) is 27.8 Å². The van der Waals surface area contributed by atoms with Gasteiger partial charge in [-0.2, -0.15) is 0 Å². The monoisotopic (exact) mass is 377 g/mol. The zero-order valence-corrected chi connectivity index (χ0v) is 15.7. The highest BCUT2D eigenvalue weighted by molar-refractivity contribution is 6.17. The SMILES string of the molecule is CCc1c(-c2ccc(OC)cc2C)c2c(C(=O)O)c(C(=O)O)c3cccc1n32. The lowest BCUT2D eigenvalue weighted by Crippen LogP contribution is -2.06. The van der Waals surface area contributed by atoms with Crippen LogP contribution >= 0.6 is 0 Å². The number of carboxylic acids is 2. The van der Waals surface area contributed by atoms with Crippen LogP contribution in [0.3, 0.4) is 0 Å². The summed E-state index contributed by atoms with van der Waals surface area (Å²) in [7, 11) is 1.59. The number of methoxy groups -OCH3 is 1. The Kier molecular flexibility index (Phi) is 4.00. The third kappa shape index (κ3) is 2.27. The maximum Gasteiger partial charge on any atom is 0.338 e. The van der Waals surface area contributed by atoms with Crippen molar-refractivity contribution >= 4 is 28.5 Å². The molecule has 0 unspecified atom stereocenters. The van der Waals surface area contributed by atoms with Gasteiger partial charge in [0.15, 0.2) is 0 Å². The van der Waals surface area contributed by atoms with Crippen LogP contribution in [-0.2, 0) is 6.42 Å². The van der Waals surface area contributed by atoms with Crippen molar-refractivity contribution in [1.82, 2.24) is 4.40 Å². The summed E-state index contributed by atoms with van der Waals surface area (Å²) < 4.78 is 7.06. The molecule has 0 saturated carbocycles. The van der Waals surface area contributed by atoms with E-state index in [4.69, 9.17) is 4.74 Å². The molecule has 142 valence electrons. The molecule has 4 rings (SSSR count). The fourth-order valence-electron chi connectivity index (χ4n) is 4.16. The second kappa shape index (κ2) is 6.27. The Labute approximate surface area is 160 Å². The lowest BCUT2D eigenvalue weighted by atomic mass is 9.94. The first kappa shape index (κ1) is 17.9. The van der Waals surface area contributed by atoms with Crippen molar-refractivity contribution < 1.29 is 24.5 Å². The minimum absolute atomic E-state index is 0.173. The molecule has 1 aromatic carbocycles. The van der Waals surface area contributed by atoms with Crippen LogP contribution in [0.2, 0.25) is 0 Å². The first-order chi connectivity index (χ1) is 13.4. The van der Waals surface area contributed by atoms with Crippen LogP contribution in [0.1, 0.15) is 38.8 Å². The Hall–Kier alpha value is -3.54. The second-order valence-corrected chi connectivity index (χ2v) is 6.73. The van der Waals surface area contributed by atoms with E-state index in [1.54, 1.807) is 23.6 Å². The van der Waals surface area contributed by atoms with Gasteiger partial charge in [0.25, 0.3) is 0 Å². The van der Waals surface area contributed by atoms with Gasteiger partial charge in [-0.15, -0.1) is 0 Å². The molecule has 2 N–H and O–H groups in total. The number of benzene rings is 1. The molecule has 0 aliphatic heterocycles. The quantitative estimate of drug-likeness (QED) is 0.536. The normalized spacial score (nSPS) is 11.4. The first-order valence-corrected chi connectivity index (χ1v) is 8.93. The molecule has 4 aromatic rings. The van der Waals surface area contributed by atoms with Gasteiger partial charge < -0.3 is 19.4 Å². The average Bonchev–Trinajstić information content (AvgIpc) is 3.18. The van der Waals surface area contributed by atoms with E-state index in [2.05, 4.69) is 0 Å². The second-order valence-electron chi connectivity index (χ2n) is 6.73. The molecule has 0 atom stereocenters. The van der Waals surface area contributed by atoms with Crippen molar-refractivity contribution in [3.05, 3.63) is 58.7 Å². The predicted molar refractivity (Wildman–Crippen MR) is 106 cm³/mol. The highest BCUT2D eigenvalue weighted by Crippen LogP contribution is 2.42. The van der Waals surface area contributed by atoms with Gasteiger partial charge in [-0.3, -0.25) is 0 Å². The number of nitrogens with zero attached hydrogens (tertiary/aromatic N) is 1. The molecule has 6 nitrogen and oxygen atoms in total. The lowest BCUT2D eigenvalue weighted by molar-refractivity contribution is 0.0655. The summed E-state index contributed by atoms with van der Waals surface area (Å²) in [6, 6.07) is 10.9. The Morgan fingerprint density at radius 3 is 2.29 bits per heavy atom. The van der Waals surface area contributed by atoms with Gasteiger partial charge in [0.2, 0.25) is 0 Å². The molecule has 0 radical (unpaired) electrons. The van der Waals surface area contributed by atoms with Gasteiger partial charge in [0.1, 0.15) is 16.9 Å². The molecular formula is C22H19NO5. The van der Waals surface area contributed by atoms with Crippen LogP contribution in [0, 0.1) is 6.92 Å². The number of pyridine rings is 1. The topological polar surface area (TPSA) is 88.2 Å². The van der Waals surface area contributed by atoms with Gasteiger partial charge in [-0.05, 0) is 54.3 Å². The standard InChI is InChI=1S/C22H19NO5/c1-4-13-15-6-5-7-16-18(21(24)25)19(22(26)27)20(23(15)16)17(13)14-9-8-12(28-3)10-11(14)2/h5-10H,4H2,1-3H3,(H,24,25)(H,26,27). The molecule has 3 aromatic heterocycles. The number of hydrogen-bond acceptors (Lipinski definition) is 3. The maximum absolute atomic E-state index is 12.1. The van der Waals surface area contributed by atoms with Crippen molar-refractivity contribution in [2.45, 2.75) is 20.3 Å². The third-order valence-corrected chi connectivity index (χ3v) is 5.29. The summed E-state index contributed by atoms with van der Waals surface area (Å²) in [5.74, 6) is -1.78. The van der Waals surface area contributed by atoms with E-state index in [1.165, 1.54) is 0 Å². The van der Waals surface area contributed by atoms with Crippen LogP contribution in [-0.4, -0.2) is 33.7 Å². The molecule has 6 heteroatoms. The Morgan fingerprint density at radius 2 is 1.71 bits per heavy atom.